The summed E-state index contributed by atoms with van der Waals surface area (Å²) in [5, 5.41) is 6.05. The second kappa shape index (κ2) is 5.33. The number of hydrogen-bond acceptors (Lipinski definition) is 4. The fourth-order valence-corrected chi connectivity index (χ4v) is 4.10. The molecule has 0 N–H and O–H groups in total. The number of carbonyl (C=O) groups excluding carboxylic acids is 1. The fourth-order valence-electron chi connectivity index (χ4n) is 2.48. The van der Waals surface area contributed by atoms with E-state index in [0.29, 0.717) is 12.8 Å². The van der Waals surface area contributed by atoms with Crippen LogP contribution in [0.2, 0.25) is 0 Å². The molecule has 106 valence electrons. The fraction of sp³-hybridized carbons (Fsp3) is 0.429. The standard InChI is InChI=1S/C14H14FNO3S/c15-14(10-16,11-5-4-6-12(17)9-11)20(18,19)13-7-2-1-3-8-13/h1-3,7-8,11H,4-6,9H2. The summed E-state index contributed by atoms with van der Waals surface area (Å²) >= 11 is 0. The molecule has 0 spiro atoms. The lowest BCUT2D eigenvalue weighted by molar-refractivity contribution is -0.122. The molecule has 1 aliphatic carbocycles. The van der Waals surface area contributed by atoms with Crippen LogP contribution in [0.15, 0.2) is 35.2 Å². The van der Waals surface area contributed by atoms with E-state index < -0.39 is 20.8 Å². The maximum atomic E-state index is 14.9. The van der Waals surface area contributed by atoms with Crippen molar-refractivity contribution in [1.29, 1.82) is 5.26 Å². The highest BCUT2D eigenvalue weighted by molar-refractivity contribution is 7.93. The Hall–Kier alpha value is -1.74. The number of nitrogens with zero attached hydrogens (tertiary/aromatic N) is 1. The van der Waals surface area contributed by atoms with Crippen LogP contribution in [-0.4, -0.2) is 19.2 Å². The summed E-state index contributed by atoms with van der Waals surface area (Å²) in [5.41, 5.74) is 0. The Balaban J connectivity index is 2.45. The second-order valence-corrected chi connectivity index (χ2v) is 6.98. The van der Waals surface area contributed by atoms with Crippen molar-refractivity contribution in [2.45, 2.75) is 35.6 Å². The summed E-state index contributed by atoms with van der Waals surface area (Å²) in [7, 11) is -4.45. The Bertz CT molecular complexity index is 651. The van der Waals surface area contributed by atoms with E-state index in [9.17, 15) is 17.6 Å². The minimum atomic E-state index is -4.45. The van der Waals surface area contributed by atoms with Gasteiger partial charge < -0.3 is 0 Å². The first-order chi connectivity index (χ1) is 9.41. The van der Waals surface area contributed by atoms with Gasteiger partial charge in [-0.3, -0.25) is 4.79 Å². The molecular weight excluding hydrogens is 281 g/mol. The Morgan fingerprint density at radius 2 is 1.95 bits per heavy atom. The Morgan fingerprint density at radius 3 is 2.50 bits per heavy atom. The first kappa shape index (κ1) is 14.7. The minimum Gasteiger partial charge on any atom is -0.300 e. The largest absolute Gasteiger partial charge is 0.302 e. The van der Waals surface area contributed by atoms with Gasteiger partial charge in [0.15, 0.2) is 0 Å². The first-order valence-corrected chi connectivity index (χ1v) is 7.81. The molecule has 0 saturated heterocycles. The van der Waals surface area contributed by atoms with Crippen molar-refractivity contribution >= 4 is 15.6 Å². The van der Waals surface area contributed by atoms with E-state index >= 15 is 0 Å². The summed E-state index contributed by atoms with van der Waals surface area (Å²) in [5.74, 6) is -1.29. The van der Waals surface area contributed by atoms with E-state index in [2.05, 4.69) is 0 Å². The van der Waals surface area contributed by atoms with Crippen LogP contribution < -0.4 is 0 Å². The number of sulfone groups is 1. The van der Waals surface area contributed by atoms with Crippen molar-refractivity contribution in [2.75, 3.05) is 0 Å². The molecule has 0 amide bonds. The van der Waals surface area contributed by atoms with Gasteiger partial charge in [0, 0.05) is 18.8 Å². The molecular formula is C14H14FNO3S. The van der Waals surface area contributed by atoms with Gasteiger partial charge in [-0.25, -0.2) is 12.8 Å². The third kappa shape index (κ3) is 2.34. The number of halogens is 1. The molecule has 20 heavy (non-hydrogen) atoms. The number of carbonyl (C=O) groups is 1. The molecule has 0 radical (unpaired) electrons. The lowest BCUT2D eigenvalue weighted by atomic mass is 9.85. The van der Waals surface area contributed by atoms with Gasteiger partial charge in [-0.1, -0.05) is 18.2 Å². The molecule has 1 aliphatic rings. The summed E-state index contributed by atoms with van der Waals surface area (Å²) in [6.07, 6.45) is 0.766. The van der Waals surface area contributed by atoms with Gasteiger partial charge in [0.25, 0.3) is 0 Å². The zero-order valence-corrected chi connectivity index (χ0v) is 11.6. The average Bonchev–Trinajstić information content (AvgIpc) is 2.47. The van der Waals surface area contributed by atoms with Crippen LogP contribution in [0.3, 0.4) is 0 Å². The van der Waals surface area contributed by atoms with Gasteiger partial charge in [-0.15, -0.1) is 0 Å². The van der Waals surface area contributed by atoms with Crippen LogP contribution in [0.25, 0.3) is 0 Å². The average molecular weight is 295 g/mol. The van der Waals surface area contributed by atoms with Crippen molar-refractivity contribution in [2.24, 2.45) is 5.92 Å². The number of benzene rings is 1. The van der Waals surface area contributed by atoms with Gasteiger partial charge in [0.1, 0.15) is 11.9 Å². The molecule has 1 fully saturated rings. The minimum absolute atomic E-state index is 0.193. The highest BCUT2D eigenvalue weighted by Crippen LogP contribution is 2.40. The molecule has 1 saturated carbocycles. The summed E-state index contributed by atoms with van der Waals surface area (Å²) in [6, 6.07) is 8.36. The van der Waals surface area contributed by atoms with E-state index in [1.54, 1.807) is 6.07 Å². The highest BCUT2D eigenvalue weighted by atomic mass is 32.2. The number of nitriles is 1. The number of alkyl halides is 1. The molecule has 2 rings (SSSR count). The van der Waals surface area contributed by atoms with Gasteiger partial charge in [0.05, 0.1) is 4.90 Å². The van der Waals surface area contributed by atoms with Crippen molar-refractivity contribution in [3.8, 4) is 6.07 Å². The van der Waals surface area contributed by atoms with Gasteiger partial charge >= 0.3 is 5.00 Å². The zero-order valence-electron chi connectivity index (χ0n) is 10.8. The van der Waals surface area contributed by atoms with Crippen LogP contribution >= 0.6 is 0 Å². The third-order valence-corrected chi connectivity index (χ3v) is 5.70. The summed E-state index contributed by atoms with van der Waals surface area (Å²) in [4.78, 5) is 11.2. The molecule has 0 heterocycles. The number of rotatable bonds is 3. The van der Waals surface area contributed by atoms with Gasteiger partial charge in [-0.05, 0) is 25.0 Å². The predicted octanol–water partition coefficient (Wildman–Crippen LogP) is 2.41. The molecule has 4 nitrogen and oxygen atoms in total. The quantitative estimate of drug-likeness (QED) is 0.858. The topological polar surface area (TPSA) is 75.0 Å². The van der Waals surface area contributed by atoms with Gasteiger partial charge in [-0.2, -0.15) is 5.26 Å². The van der Waals surface area contributed by atoms with Crippen LogP contribution in [-0.2, 0) is 14.6 Å². The highest BCUT2D eigenvalue weighted by Gasteiger charge is 2.53. The normalized spacial score (nSPS) is 22.8. The molecule has 6 heteroatoms. The lowest BCUT2D eigenvalue weighted by Crippen LogP contribution is -2.42. The Labute approximate surface area is 117 Å². The van der Waals surface area contributed by atoms with Crippen molar-refractivity contribution in [3.63, 3.8) is 0 Å². The second-order valence-electron chi connectivity index (χ2n) is 4.91. The maximum absolute atomic E-state index is 14.9. The maximum Gasteiger partial charge on any atom is 0.302 e. The Morgan fingerprint density at radius 1 is 1.30 bits per heavy atom. The molecule has 1 aromatic carbocycles. The molecule has 2 atom stereocenters. The molecule has 1 aromatic rings. The van der Waals surface area contributed by atoms with Crippen molar-refractivity contribution < 1.29 is 17.6 Å². The first-order valence-electron chi connectivity index (χ1n) is 6.33. The third-order valence-electron chi connectivity index (χ3n) is 3.60. The number of hydrogen-bond donors (Lipinski definition) is 0. The van der Waals surface area contributed by atoms with E-state index in [4.69, 9.17) is 5.26 Å². The lowest BCUT2D eigenvalue weighted by Gasteiger charge is -2.29. The van der Waals surface area contributed by atoms with Crippen LogP contribution in [0.1, 0.15) is 25.7 Å². The van der Waals surface area contributed by atoms with Gasteiger partial charge in [0.2, 0.25) is 9.84 Å². The SMILES string of the molecule is N#CC(F)(C1CCCC(=O)C1)S(=O)(=O)c1ccccc1. The van der Waals surface area contributed by atoms with E-state index in [0.717, 1.165) is 0 Å². The molecule has 0 aromatic heterocycles. The van der Waals surface area contributed by atoms with Crippen molar-refractivity contribution in [1.82, 2.24) is 0 Å². The van der Waals surface area contributed by atoms with Crippen LogP contribution in [0.4, 0.5) is 4.39 Å². The predicted molar refractivity (Wildman–Crippen MR) is 70.0 cm³/mol. The summed E-state index contributed by atoms with van der Waals surface area (Å²) in [6.45, 7) is 0. The van der Waals surface area contributed by atoms with E-state index in [1.165, 1.54) is 30.3 Å². The zero-order chi connectivity index (χ0) is 14.8. The van der Waals surface area contributed by atoms with Crippen LogP contribution in [0, 0.1) is 17.2 Å². The van der Waals surface area contributed by atoms with Crippen LogP contribution in [0.5, 0.6) is 0 Å². The number of ketones is 1. The van der Waals surface area contributed by atoms with Crippen molar-refractivity contribution in [3.05, 3.63) is 30.3 Å². The molecule has 0 aliphatic heterocycles. The smallest absolute Gasteiger partial charge is 0.300 e. The van der Waals surface area contributed by atoms with E-state index in [1.807, 2.05) is 0 Å². The Kier molecular flexibility index (Phi) is 3.91. The molecule has 0 bridgehead atoms. The monoisotopic (exact) mass is 295 g/mol. The molecule has 2 unspecified atom stereocenters. The summed E-state index contributed by atoms with van der Waals surface area (Å²) < 4.78 is 39.7. The van der Waals surface area contributed by atoms with E-state index in [-0.39, 0.29) is 23.5 Å². The number of Topliss-reactive ketones (excluding diaryl/α,β-unsaturated/α-hetero) is 1.